The lowest BCUT2D eigenvalue weighted by Crippen LogP contribution is -2.19. The number of benzene rings is 1. The molecule has 1 aromatic carbocycles. The summed E-state index contributed by atoms with van der Waals surface area (Å²) >= 11 is 0. The van der Waals surface area contributed by atoms with Gasteiger partial charge in [-0.25, -0.2) is 5.43 Å². The zero-order valence-corrected chi connectivity index (χ0v) is 11.0. The van der Waals surface area contributed by atoms with Crippen molar-refractivity contribution in [2.24, 2.45) is 22.9 Å². The molecule has 3 unspecified atom stereocenters. The van der Waals surface area contributed by atoms with E-state index in [2.05, 4.69) is 22.7 Å². The highest BCUT2D eigenvalue weighted by Gasteiger charge is 2.34. The Balaban J connectivity index is 1.57. The average Bonchev–Trinajstić information content (AvgIpc) is 3.01. The topological polar surface area (TPSA) is 41.5 Å². The minimum absolute atomic E-state index is 0.140. The number of rotatable bonds is 3. The van der Waals surface area contributed by atoms with Crippen molar-refractivity contribution in [3.05, 3.63) is 47.5 Å². The van der Waals surface area contributed by atoms with Crippen LogP contribution in [0.2, 0.25) is 0 Å². The van der Waals surface area contributed by atoms with Crippen molar-refractivity contribution in [1.82, 2.24) is 5.43 Å². The van der Waals surface area contributed by atoms with E-state index in [-0.39, 0.29) is 5.91 Å². The van der Waals surface area contributed by atoms with Crippen LogP contribution in [-0.2, 0) is 0 Å². The molecule has 0 radical (unpaired) electrons. The number of carbonyl (C=O) groups excluding carboxylic acids is 1. The zero-order valence-electron chi connectivity index (χ0n) is 11.0. The van der Waals surface area contributed by atoms with E-state index in [0.717, 1.165) is 11.5 Å². The van der Waals surface area contributed by atoms with Gasteiger partial charge in [-0.05, 0) is 43.7 Å². The maximum Gasteiger partial charge on any atom is 0.271 e. The Bertz CT molecular complexity index is 547. The van der Waals surface area contributed by atoms with Crippen LogP contribution in [-0.4, -0.2) is 12.1 Å². The Morgan fingerprint density at radius 2 is 2.26 bits per heavy atom. The summed E-state index contributed by atoms with van der Waals surface area (Å²) in [6.45, 7) is 1.97. The molecule has 1 fully saturated rings. The SMILES string of the molecule is Cc1cccc(C(=O)N/N=C/C2CC3C=CC2C3)c1. The summed E-state index contributed by atoms with van der Waals surface area (Å²) in [4.78, 5) is 11.9. The normalized spacial score (nSPS) is 28.2. The van der Waals surface area contributed by atoms with Crippen molar-refractivity contribution in [2.75, 3.05) is 0 Å². The van der Waals surface area contributed by atoms with Gasteiger partial charge in [0.1, 0.15) is 0 Å². The van der Waals surface area contributed by atoms with Gasteiger partial charge < -0.3 is 0 Å². The third kappa shape index (κ3) is 2.60. The Morgan fingerprint density at radius 3 is 2.95 bits per heavy atom. The third-order valence-corrected chi connectivity index (χ3v) is 4.04. The number of nitrogens with one attached hydrogen (secondary N) is 1. The van der Waals surface area contributed by atoms with Crippen LogP contribution in [0.25, 0.3) is 0 Å². The third-order valence-electron chi connectivity index (χ3n) is 4.04. The molecule has 2 aliphatic carbocycles. The van der Waals surface area contributed by atoms with Crippen molar-refractivity contribution in [3.8, 4) is 0 Å². The minimum atomic E-state index is -0.140. The van der Waals surface area contributed by atoms with Crippen molar-refractivity contribution < 1.29 is 4.79 Å². The predicted molar refractivity (Wildman–Crippen MR) is 76.0 cm³/mol. The molecule has 3 rings (SSSR count). The van der Waals surface area contributed by atoms with E-state index < -0.39 is 0 Å². The first-order chi connectivity index (χ1) is 9.22. The lowest BCUT2D eigenvalue weighted by Gasteiger charge is -2.11. The van der Waals surface area contributed by atoms with Gasteiger partial charge in [0.25, 0.3) is 5.91 Å². The fourth-order valence-corrected chi connectivity index (χ4v) is 3.04. The largest absolute Gasteiger partial charge is 0.271 e. The quantitative estimate of drug-likeness (QED) is 0.503. The fraction of sp³-hybridized carbons (Fsp3) is 0.375. The molecule has 98 valence electrons. The number of nitrogens with zero attached hydrogens (tertiary/aromatic N) is 1. The standard InChI is InChI=1S/C16H18N2O/c1-11-3-2-4-14(7-11)16(19)18-17-10-15-9-12-5-6-13(15)8-12/h2-7,10,12-13,15H,8-9H2,1H3,(H,18,19)/b17-10+. The van der Waals surface area contributed by atoms with Gasteiger partial charge in [0.15, 0.2) is 0 Å². The second-order valence-electron chi connectivity index (χ2n) is 5.53. The lowest BCUT2D eigenvalue weighted by atomic mass is 9.95. The number of aryl methyl sites for hydroxylation is 1. The Kier molecular flexibility index (Phi) is 3.20. The molecule has 0 aliphatic heterocycles. The molecule has 19 heavy (non-hydrogen) atoms. The minimum Gasteiger partial charge on any atom is -0.267 e. The fourth-order valence-electron chi connectivity index (χ4n) is 3.04. The van der Waals surface area contributed by atoms with Gasteiger partial charge in [0, 0.05) is 17.7 Å². The molecule has 3 heteroatoms. The van der Waals surface area contributed by atoms with Crippen LogP contribution in [0.5, 0.6) is 0 Å². The molecule has 0 aromatic heterocycles. The molecule has 1 amide bonds. The van der Waals surface area contributed by atoms with Crippen LogP contribution in [0.4, 0.5) is 0 Å². The second kappa shape index (κ2) is 5.00. The van der Waals surface area contributed by atoms with Crippen LogP contribution < -0.4 is 5.43 Å². The molecule has 3 atom stereocenters. The number of allylic oxidation sites excluding steroid dienone is 2. The van der Waals surface area contributed by atoms with Crippen LogP contribution in [0.1, 0.15) is 28.8 Å². The van der Waals surface area contributed by atoms with Gasteiger partial charge in [-0.3, -0.25) is 4.79 Å². The van der Waals surface area contributed by atoms with Crippen LogP contribution in [0, 0.1) is 24.7 Å². The van der Waals surface area contributed by atoms with E-state index in [0.29, 0.717) is 17.4 Å². The number of fused-ring (bicyclic) bond motifs is 2. The van der Waals surface area contributed by atoms with Crippen molar-refractivity contribution >= 4 is 12.1 Å². The number of carbonyl (C=O) groups is 1. The zero-order chi connectivity index (χ0) is 13.2. The highest BCUT2D eigenvalue weighted by molar-refractivity contribution is 5.94. The summed E-state index contributed by atoms with van der Waals surface area (Å²) in [5.41, 5.74) is 4.35. The van der Waals surface area contributed by atoms with Crippen LogP contribution >= 0.6 is 0 Å². The summed E-state index contributed by atoms with van der Waals surface area (Å²) in [5.74, 6) is 1.71. The van der Waals surface area contributed by atoms with Crippen molar-refractivity contribution in [3.63, 3.8) is 0 Å². The molecular formula is C16H18N2O. The van der Waals surface area contributed by atoms with Gasteiger partial charge >= 0.3 is 0 Å². The van der Waals surface area contributed by atoms with Gasteiger partial charge in [-0.15, -0.1) is 0 Å². The monoisotopic (exact) mass is 254 g/mol. The van der Waals surface area contributed by atoms with E-state index >= 15 is 0 Å². The van der Waals surface area contributed by atoms with E-state index in [4.69, 9.17) is 0 Å². The van der Waals surface area contributed by atoms with Crippen LogP contribution in [0.3, 0.4) is 0 Å². The van der Waals surface area contributed by atoms with E-state index in [1.54, 1.807) is 6.07 Å². The number of amides is 1. The van der Waals surface area contributed by atoms with Gasteiger partial charge in [0.2, 0.25) is 0 Å². The average molecular weight is 254 g/mol. The maximum atomic E-state index is 11.9. The molecule has 1 N–H and O–H groups in total. The first-order valence-electron chi connectivity index (χ1n) is 6.81. The molecule has 2 aliphatic rings. The van der Waals surface area contributed by atoms with Gasteiger partial charge in [-0.2, -0.15) is 5.10 Å². The first-order valence-corrected chi connectivity index (χ1v) is 6.81. The molecule has 3 nitrogen and oxygen atoms in total. The maximum absolute atomic E-state index is 11.9. The Labute approximate surface area is 113 Å². The smallest absolute Gasteiger partial charge is 0.267 e. The summed E-state index contributed by atoms with van der Waals surface area (Å²) in [7, 11) is 0. The highest BCUT2D eigenvalue weighted by atomic mass is 16.2. The van der Waals surface area contributed by atoms with Crippen LogP contribution in [0.15, 0.2) is 41.5 Å². The van der Waals surface area contributed by atoms with E-state index in [1.807, 2.05) is 31.3 Å². The molecule has 0 heterocycles. The Morgan fingerprint density at radius 1 is 1.37 bits per heavy atom. The summed E-state index contributed by atoms with van der Waals surface area (Å²) < 4.78 is 0. The Hall–Kier alpha value is -1.90. The van der Waals surface area contributed by atoms with Gasteiger partial charge in [0.05, 0.1) is 0 Å². The molecule has 1 saturated carbocycles. The predicted octanol–water partition coefficient (Wildman–Crippen LogP) is 2.92. The second-order valence-corrected chi connectivity index (χ2v) is 5.53. The van der Waals surface area contributed by atoms with E-state index in [1.165, 1.54) is 12.8 Å². The molecule has 1 aromatic rings. The summed E-state index contributed by atoms with van der Waals surface area (Å²) in [6, 6.07) is 7.53. The lowest BCUT2D eigenvalue weighted by molar-refractivity contribution is 0.0955. The van der Waals surface area contributed by atoms with Crippen molar-refractivity contribution in [2.45, 2.75) is 19.8 Å². The number of hydrogen-bond acceptors (Lipinski definition) is 2. The summed E-state index contributed by atoms with van der Waals surface area (Å²) in [6.07, 6.45) is 8.92. The molecule has 2 bridgehead atoms. The molecule has 0 spiro atoms. The first kappa shape index (κ1) is 12.2. The van der Waals surface area contributed by atoms with Gasteiger partial charge in [-0.1, -0.05) is 29.8 Å². The van der Waals surface area contributed by atoms with Crippen molar-refractivity contribution in [1.29, 1.82) is 0 Å². The summed E-state index contributed by atoms with van der Waals surface area (Å²) in [5, 5.41) is 4.12. The number of hydrogen-bond donors (Lipinski definition) is 1. The van der Waals surface area contributed by atoms with E-state index in [9.17, 15) is 4.79 Å². The molecular weight excluding hydrogens is 236 g/mol. The highest BCUT2D eigenvalue weighted by Crippen LogP contribution is 2.42. The molecule has 0 saturated heterocycles. The number of hydrazone groups is 1.